The summed E-state index contributed by atoms with van der Waals surface area (Å²) in [4.78, 5) is 4.41. The number of hydrogen-bond acceptors (Lipinski definition) is 7. The summed E-state index contributed by atoms with van der Waals surface area (Å²) in [5.74, 6) is 1.72. The average Bonchev–Trinajstić information content (AvgIpc) is 3.11. The highest BCUT2D eigenvalue weighted by Crippen LogP contribution is 2.23. The van der Waals surface area contributed by atoms with Crippen molar-refractivity contribution in [1.82, 2.24) is 14.6 Å². The quantitative estimate of drug-likeness (QED) is 0.418. The highest BCUT2D eigenvalue weighted by Gasteiger charge is 2.12. The fraction of sp³-hybridized carbons (Fsp3) is 0.400. The van der Waals surface area contributed by atoms with Crippen LogP contribution in [0.5, 0.6) is 0 Å². The Morgan fingerprint density at radius 3 is 2.46 bits per heavy atom. The van der Waals surface area contributed by atoms with E-state index in [2.05, 4.69) is 41.4 Å². The SMILES string of the molecule is CC(C)c1cnn2c(NCc3ccccc3)cc(N)nc12.OCC[C@@H](O)CO. The van der Waals surface area contributed by atoms with Gasteiger partial charge in [0.2, 0.25) is 0 Å². The molecular weight excluding hydrogens is 358 g/mol. The van der Waals surface area contributed by atoms with Gasteiger partial charge in [0.05, 0.1) is 18.9 Å². The van der Waals surface area contributed by atoms with E-state index in [1.165, 1.54) is 5.56 Å². The molecule has 0 aliphatic rings. The van der Waals surface area contributed by atoms with Crippen molar-refractivity contribution < 1.29 is 15.3 Å². The van der Waals surface area contributed by atoms with Crippen molar-refractivity contribution in [2.24, 2.45) is 0 Å². The highest BCUT2D eigenvalue weighted by atomic mass is 16.3. The summed E-state index contributed by atoms with van der Waals surface area (Å²) < 4.78 is 1.81. The molecule has 2 heterocycles. The molecule has 1 atom stereocenters. The summed E-state index contributed by atoms with van der Waals surface area (Å²) in [5.41, 5.74) is 9.06. The summed E-state index contributed by atoms with van der Waals surface area (Å²) in [5, 5.41) is 32.5. The molecule has 2 aromatic heterocycles. The number of anilines is 2. The molecule has 8 heteroatoms. The molecule has 0 unspecified atom stereocenters. The monoisotopic (exact) mass is 387 g/mol. The number of aliphatic hydroxyl groups excluding tert-OH is 3. The molecule has 0 radical (unpaired) electrons. The minimum absolute atomic E-state index is 0.0677. The zero-order chi connectivity index (χ0) is 20.5. The first-order valence-electron chi connectivity index (χ1n) is 9.28. The van der Waals surface area contributed by atoms with Crippen molar-refractivity contribution in [3.8, 4) is 0 Å². The first-order chi connectivity index (χ1) is 13.5. The van der Waals surface area contributed by atoms with Crippen LogP contribution in [0.15, 0.2) is 42.6 Å². The first kappa shape index (κ1) is 21.6. The first-order valence-corrected chi connectivity index (χ1v) is 9.28. The van der Waals surface area contributed by atoms with Gasteiger partial charge in [-0.25, -0.2) is 4.98 Å². The number of nitrogens with two attached hydrogens (primary N) is 1. The molecule has 0 bridgehead atoms. The molecule has 8 nitrogen and oxygen atoms in total. The molecule has 0 aliphatic carbocycles. The normalized spacial score (nSPS) is 11.9. The van der Waals surface area contributed by atoms with E-state index in [-0.39, 0.29) is 19.6 Å². The Morgan fingerprint density at radius 1 is 1.18 bits per heavy atom. The number of nitrogens with one attached hydrogen (secondary N) is 1. The zero-order valence-electron chi connectivity index (χ0n) is 16.3. The predicted molar refractivity (Wildman–Crippen MR) is 110 cm³/mol. The van der Waals surface area contributed by atoms with Gasteiger partial charge in [-0.3, -0.25) is 0 Å². The lowest BCUT2D eigenvalue weighted by Gasteiger charge is -2.10. The van der Waals surface area contributed by atoms with Crippen LogP contribution >= 0.6 is 0 Å². The Balaban J connectivity index is 0.000000345. The van der Waals surface area contributed by atoms with E-state index in [1.807, 2.05) is 35.0 Å². The highest BCUT2D eigenvalue weighted by molar-refractivity contribution is 5.59. The fourth-order valence-corrected chi connectivity index (χ4v) is 2.56. The molecule has 0 fully saturated rings. The van der Waals surface area contributed by atoms with E-state index in [0.717, 1.165) is 23.6 Å². The third-order valence-electron chi connectivity index (χ3n) is 4.13. The van der Waals surface area contributed by atoms with Crippen LogP contribution in [-0.2, 0) is 6.54 Å². The molecule has 0 spiro atoms. The van der Waals surface area contributed by atoms with Crippen molar-refractivity contribution in [2.45, 2.75) is 38.8 Å². The van der Waals surface area contributed by atoms with Crippen molar-refractivity contribution >= 4 is 17.3 Å². The molecule has 28 heavy (non-hydrogen) atoms. The molecule has 0 saturated carbocycles. The third-order valence-corrected chi connectivity index (χ3v) is 4.13. The molecule has 1 aromatic carbocycles. The van der Waals surface area contributed by atoms with Gasteiger partial charge in [-0.2, -0.15) is 9.61 Å². The van der Waals surface area contributed by atoms with Gasteiger partial charge < -0.3 is 26.4 Å². The molecular formula is C20H29N5O3. The van der Waals surface area contributed by atoms with Crippen LogP contribution < -0.4 is 11.1 Å². The van der Waals surface area contributed by atoms with E-state index in [4.69, 9.17) is 21.1 Å². The Kier molecular flexibility index (Phi) is 8.19. The van der Waals surface area contributed by atoms with Gasteiger partial charge in [-0.05, 0) is 17.9 Å². The van der Waals surface area contributed by atoms with Gasteiger partial charge in [0, 0.05) is 24.8 Å². The van der Waals surface area contributed by atoms with E-state index in [9.17, 15) is 0 Å². The largest absolute Gasteiger partial charge is 0.396 e. The van der Waals surface area contributed by atoms with E-state index < -0.39 is 6.10 Å². The number of benzene rings is 1. The number of fused-ring (bicyclic) bond motifs is 1. The van der Waals surface area contributed by atoms with Gasteiger partial charge in [0.15, 0.2) is 5.65 Å². The second-order valence-electron chi connectivity index (χ2n) is 6.74. The fourth-order valence-electron chi connectivity index (χ4n) is 2.56. The van der Waals surface area contributed by atoms with Crippen LogP contribution in [0.1, 0.15) is 37.3 Å². The lowest BCUT2D eigenvalue weighted by molar-refractivity contribution is 0.0721. The number of hydrogen-bond donors (Lipinski definition) is 5. The van der Waals surface area contributed by atoms with Crippen LogP contribution in [0.3, 0.4) is 0 Å². The smallest absolute Gasteiger partial charge is 0.163 e. The van der Waals surface area contributed by atoms with E-state index >= 15 is 0 Å². The van der Waals surface area contributed by atoms with Crippen LogP contribution in [0.4, 0.5) is 11.6 Å². The van der Waals surface area contributed by atoms with Crippen molar-refractivity contribution in [1.29, 1.82) is 0 Å². The van der Waals surface area contributed by atoms with E-state index in [0.29, 0.717) is 11.7 Å². The van der Waals surface area contributed by atoms with Crippen LogP contribution in [-0.4, -0.2) is 49.2 Å². The van der Waals surface area contributed by atoms with Crippen molar-refractivity contribution in [3.05, 3.63) is 53.7 Å². The molecule has 3 aromatic rings. The van der Waals surface area contributed by atoms with Gasteiger partial charge >= 0.3 is 0 Å². The minimum atomic E-state index is -0.745. The van der Waals surface area contributed by atoms with Gasteiger partial charge in [-0.15, -0.1) is 0 Å². The molecule has 152 valence electrons. The maximum absolute atomic E-state index is 8.45. The van der Waals surface area contributed by atoms with E-state index in [1.54, 1.807) is 0 Å². The zero-order valence-corrected chi connectivity index (χ0v) is 16.3. The Morgan fingerprint density at radius 2 is 1.89 bits per heavy atom. The Labute approximate surface area is 164 Å². The van der Waals surface area contributed by atoms with Gasteiger partial charge in [0.1, 0.15) is 11.6 Å². The molecule has 6 N–H and O–H groups in total. The van der Waals surface area contributed by atoms with Gasteiger partial charge in [0.25, 0.3) is 0 Å². The lowest BCUT2D eigenvalue weighted by atomic mass is 10.1. The van der Waals surface area contributed by atoms with Crippen LogP contribution in [0.2, 0.25) is 0 Å². The Bertz CT molecular complexity index is 852. The third kappa shape index (κ3) is 5.91. The summed E-state index contributed by atoms with van der Waals surface area (Å²) in [6.07, 6.45) is 1.38. The molecule has 3 rings (SSSR count). The average molecular weight is 387 g/mol. The summed E-state index contributed by atoms with van der Waals surface area (Å²) in [7, 11) is 0. The van der Waals surface area contributed by atoms with Crippen molar-refractivity contribution in [3.63, 3.8) is 0 Å². The second-order valence-corrected chi connectivity index (χ2v) is 6.74. The number of aromatic nitrogens is 3. The summed E-state index contributed by atoms with van der Waals surface area (Å²) >= 11 is 0. The van der Waals surface area contributed by atoms with Crippen molar-refractivity contribution in [2.75, 3.05) is 24.3 Å². The predicted octanol–water partition coefficient (Wildman–Crippen LogP) is 1.77. The summed E-state index contributed by atoms with van der Waals surface area (Å²) in [6, 6.07) is 12.0. The van der Waals surface area contributed by atoms with Crippen LogP contribution in [0, 0.1) is 0 Å². The summed E-state index contributed by atoms with van der Waals surface area (Å²) in [6.45, 7) is 4.64. The standard InChI is InChI=1S/C16H19N5.C4H10O3/c1-11(2)13-10-19-21-15(8-14(17)20-16(13)21)18-9-12-6-4-3-5-7-12;5-2-1-4(7)3-6/h3-8,10-11,18H,9H2,1-2H3,(H2,17,20);4-7H,1-3H2/t;4-/m.1/s1. The minimum Gasteiger partial charge on any atom is -0.396 e. The maximum atomic E-state index is 8.45. The molecule has 0 amide bonds. The maximum Gasteiger partial charge on any atom is 0.163 e. The van der Waals surface area contributed by atoms with Gasteiger partial charge in [-0.1, -0.05) is 44.2 Å². The lowest BCUT2D eigenvalue weighted by Crippen LogP contribution is -2.12. The Hall–Kier alpha value is -2.68. The topological polar surface area (TPSA) is 129 Å². The van der Waals surface area contributed by atoms with Crippen LogP contribution in [0.25, 0.3) is 5.65 Å². The number of aliphatic hydroxyl groups is 3. The number of nitrogens with zero attached hydrogens (tertiary/aromatic N) is 3. The second kappa shape index (κ2) is 10.6. The number of rotatable bonds is 7. The molecule has 0 saturated heterocycles. The number of nitrogen functional groups attached to an aromatic ring is 1. The molecule has 0 aliphatic heterocycles.